The molecule has 0 radical (unpaired) electrons. The van der Waals surface area contributed by atoms with Crippen molar-refractivity contribution in [2.75, 3.05) is 6.54 Å². The van der Waals surface area contributed by atoms with Gasteiger partial charge < -0.3 is 4.84 Å². The maximum atomic E-state index is 4.94. The Labute approximate surface area is 63.2 Å². The van der Waals surface area contributed by atoms with Gasteiger partial charge in [-0.1, -0.05) is 26.3 Å². The first-order valence-corrected chi connectivity index (χ1v) is 3.82. The van der Waals surface area contributed by atoms with Gasteiger partial charge in [0.05, 0.1) is 0 Å². The number of hydrogen-bond donors (Lipinski definition) is 1. The first kappa shape index (κ1) is 9.50. The molecule has 0 aliphatic carbocycles. The van der Waals surface area contributed by atoms with Crippen molar-refractivity contribution in [2.24, 2.45) is 0 Å². The van der Waals surface area contributed by atoms with Crippen LogP contribution < -0.4 is 5.48 Å². The van der Waals surface area contributed by atoms with Gasteiger partial charge in [-0.25, -0.2) is 0 Å². The molecule has 0 saturated carbocycles. The molecule has 2 nitrogen and oxygen atoms in total. The van der Waals surface area contributed by atoms with Gasteiger partial charge in [0.2, 0.25) is 0 Å². The molecule has 2 heteroatoms. The first-order valence-electron chi connectivity index (χ1n) is 3.82. The molecular formula is C8H17NO. The molecule has 0 aromatic heterocycles. The highest BCUT2D eigenvalue weighted by Crippen LogP contribution is 1.92. The highest BCUT2D eigenvalue weighted by Gasteiger charge is 1.86. The molecule has 0 heterocycles. The largest absolute Gasteiger partial charge is 0.414 e. The molecule has 0 fully saturated rings. The van der Waals surface area contributed by atoms with Crippen molar-refractivity contribution in [3.8, 4) is 0 Å². The van der Waals surface area contributed by atoms with Gasteiger partial charge in [-0.2, -0.15) is 5.48 Å². The lowest BCUT2D eigenvalue weighted by molar-refractivity contribution is 0.107. The van der Waals surface area contributed by atoms with Crippen LogP contribution in [0.4, 0.5) is 0 Å². The second kappa shape index (κ2) is 6.62. The Hall–Kier alpha value is -0.500. The maximum absolute atomic E-state index is 4.94. The third-order valence-corrected chi connectivity index (χ3v) is 1.13. The fourth-order valence-electron chi connectivity index (χ4n) is 0.621. The molecule has 0 rings (SSSR count). The molecule has 0 unspecified atom stereocenters. The molecule has 0 spiro atoms. The Kier molecular flexibility index (Phi) is 6.29. The van der Waals surface area contributed by atoms with Crippen LogP contribution in [0, 0.1) is 0 Å². The fraction of sp³-hybridized carbons (Fsp3) is 0.750. The average molecular weight is 143 g/mol. The Bertz CT molecular complexity index is 91.3. The lowest BCUT2D eigenvalue weighted by Crippen LogP contribution is -2.14. The van der Waals surface area contributed by atoms with E-state index in [0.717, 1.165) is 12.3 Å². The Balaban J connectivity index is 2.84. The Morgan fingerprint density at radius 1 is 1.50 bits per heavy atom. The van der Waals surface area contributed by atoms with Crippen LogP contribution in [0.5, 0.6) is 0 Å². The van der Waals surface area contributed by atoms with Gasteiger partial charge in [0.1, 0.15) is 5.76 Å². The minimum absolute atomic E-state index is 0.719. The van der Waals surface area contributed by atoms with Gasteiger partial charge >= 0.3 is 0 Å². The van der Waals surface area contributed by atoms with E-state index in [9.17, 15) is 0 Å². The minimum atomic E-state index is 0.719. The molecule has 0 atom stereocenters. The number of nitrogens with one attached hydrogen (secondary N) is 1. The van der Waals surface area contributed by atoms with Gasteiger partial charge in [0.15, 0.2) is 0 Å². The predicted octanol–water partition coefficient (Wildman–Crippen LogP) is 2.23. The van der Waals surface area contributed by atoms with Gasteiger partial charge in [0, 0.05) is 6.54 Å². The van der Waals surface area contributed by atoms with Crippen LogP contribution in [0.25, 0.3) is 0 Å². The molecule has 0 aliphatic rings. The summed E-state index contributed by atoms with van der Waals surface area (Å²) >= 11 is 0. The van der Waals surface area contributed by atoms with Crippen LogP contribution in [0.3, 0.4) is 0 Å². The summed E-state index contributed by atoms with van der Waals surface area (Å²) in [6.45, 7) is 8.51. The number of hydroxylamine groups is 1. The van der Waals surface area contributed by atoms with Crippen LogP contribution in [-0.2, 0) is 4.84 Å². The lowest BCUT2D eigenvalue weighted by Gasteiger charge is -2.04. The van der Waals surface area contributed by atoms with E-state index in [2.05, 4.69) is 19.0 Å². The van der Waals surface area contributed by atoms with Crippen LogP contribution >= 0.6 is 0 Å². The van der Waals surface area contributed by atoms with E-state index in [0.29, 0.717) is 0 Å². The summed E-state index contributed by atoms with van der Waals surface area (Å²) < 4.78 is 0. The third kappa shape index (κ3) is 7.50. The molecule has 60 valence electrons. The van der Waals surface area contributed by atoms with Gasteiger partial charge in [-0.05, 0) is 13.3 Å². The summed E-state index contributed by atoms with van der Waals surface area (Å²) in [6, 6.07) is 0. The third-order valence-electron chi connectivity index (χ3n) is 1.13. The summed E-state index contributed by atoms with van der Waals surface area (Å²) in [4.78, 5) is 4.94. The first-order chi connectivity index (χ1) is 4.77. The van der Waals surface area contributed by atoms with Crippen molar-refractivity contribution in [2.45, 2.75) is 33.1 Å². The second-order valence-electron chi connectivity index (χ2n) is 2.41. The molecule has 0 saturated heterocycles. The molecule has 0 amide bonds. The normalized spacial score (nSPS) is 9.40. The zero-order valence-electron chi connectivity index (χ0n) is 6.94. The quantitative estimate of drug-likeness (QED) is 0.350. The van der Waals surface area contributed by atoms with Crippen LogP contribution in [-0.4, -0.2) is 6.54 Å². The Morgan fingerprint density at radius 2 is 2.20 bits per heavy atom. The highest BCUT2D eigenvalue weighted by atomic mass is 16.6. The molecule has 10 heavy (non-hydrogen) atoms. The van der Waals surface area contributed by atoms with Gasteiger partial charge in [-0.15, -0.1) is 0 Å². The number of unbranched alkanes of at least 4 members (excludes halogenated alkanes) is 2. The molecular weight excluding hydrogens is 126 g/mol. The molecule has 0 aliphatic heterocycles. The van der Waals surface area contributed by atoms with Gasteiger partial charge in [0.25, 0.3) is 0 Å². The summed E-state index contributed by atoms with van der Waals surface area (Å²) in [5.74, 6) is 0.719. The predicted molar refractivity (Wildman–Crippen MR) is 43.4 cm³/mol. The molecule has 0 aromatic carbocycles. The lowest BCUT2D eigenvalue weighted by atomic mass is 10.3. The molecule has 0 bridgehead atoms. The van der Waals surface area contributed by atoms with Crippen molar-refractivity contribution in [3.05, 3.63) is 12.3 Å². The van der Waals surface area contributed by atoms with E-state index < -0.39 is 0 Å². The second-order valence-corrected chi connectivity index (χ2v) is 2.41. The maximum Gasteiger partial charge on any atom is 0.114 e. The zero-order valence-corrected chi connectivity index (χ0v) is 6.94. The van der Waals surface area contributed by atoms with E-state index in [1.165, 1.54) is 19.3 Å². The van der Waals surface area contributed by atoms with E-state index in [1.807, 2.05) is 6.92 Å². The van der Waals surface area contributed by atoms with Crippen molar-refractivity contribution in [1.82, 2.24) is 5.48 Å². The highest BCUT2D eigenvalue weighted by molar-refractivity contribution is 4.71. The van der Waals surface area contributed by atoms with Gasteiger partial charge in [-0.3, -0.25) is 0 Å². The van der Waals surface area contributed by atoms with Crippen LogP contribution in [0.1, 0.15) is 33.1 Å². The zero-order chi connectivity index (χ0) is 7.82. The van der Waals surface area contributed by atoms with E-state index in [-0.39, 0.29) is 0 Å². The minimum Gasteiger partial charge on any atom is -0.414 e. The monoisotopic (exact) mass is 143 g/mol. The molecule has 0 aromatic rings. The SMILES string of the molecule is C=C(C)ONCCCCC. The summed E-state index contributed by atoms with van der Waals surface area (Å²) in [6.07, 6.45) is 3.67. The van der Waals surface area contributed by atoms with E-state index in [1.54, 1.807) is 0 Å². The van der Waals surface area contributed by atoms with Crippen molar-refractivity contribution < 1.29 is 4.84 Å². The van der Waals surface area contributed by atoms with Crippen molar-refractivity contribution in [3.63, 3.8) is 0 Å². The summed E-state index contributed by atoms with van der Waals surface area (Å²) in [5, 5.41) is 0. The standard InChI is InChI=1S/C8H17NO/c1-4-5-6-7-9-10-8(2)3/h9H,2,4-7H2,1,3H3. The number of rotatable bonds is 6. The van der Waals surface area contributed by atoms with E-state index in [4.69, 9.17) is 4.84 Å². The smallest absolute Gasteiger partial charge is 0.114 e. The molecule has 1 N–H and O–H groups in total. The Morgan fingerprint density at radius 3 is 2.70 bits per heavy atom. The fourth-order valence-corrected chi connectivity index (χ4v) is 0.621. The van der Waals surface area contributed by atoms with Crippen molar-refractivity contribution >= 4 is 0 Å². The van der Waals surface area contributed by atoms with Crippen molar-refractivity contribution in [1.29, 1.82) is 0 Å². The van der Waals surface area contributed by atoms with Crippen LogP contribution in [0.15, 0.2) is 12.3 Å². The van der Waals surface area contributed by atoms with E-state index >= 15 is 0 Å². The average Bonchev–Trinajstić information content (AvgIpc) is 1.87. The summed E-state index contributed by atoms with van der Waals surface area (Å²) in [7, 11) is 0. The van der Waals surface area contributed by atoms with Crippen LogP contribution in [0.2, 0.25) is 0 Å². The number of hydrogen-bond acceptors (Lipinski definition) is 2. The summed E-state index contributed by atoms with van der Waals surface area (Å²) in [5.41, 5.74) is 2.82. The number of allylic oxidation sites excluding steroid dienone is 1. The topological polar surface area (TPSA) is 21.3 Å².